The third-order valence-corrected chi connectivity index (χ3v) is 6.66. The van der Waals surface area contributed by atoms with Crippen molar-refractivity contribution >= 4 is 17.4 Å². The zero-order chi connectivity index (χ0) is 24.4. The number of halogens is 1. The summed E-state index contributed by atoms with van der Waals surface area (Å²) in [6, 6.07) is 10.2. The predicted octanol–water partition coefficient (Wildman–Crippen LogP) is 4.30. The molecule has 0 saturated carbocycles. The summed E-state index contributed by atoms with van der Waals surface area (Å²) in [7, 11) is 0. The Hall–Kier alpha value is -3.19. The highest BCUT2D eigenvalue weighted by Crippen LogP contribution is 2.40. The minimum absolute atomic E-state index is 0.0337. The Kier molecular flexibility index (Phi) is 7.03. The van der Waals surface area contributed by atoms with Crippen LogP contribution < -0.4 is 4.74 Å². The molecule has 1 N–H and O–H groups in total. The molecule has 2 aliphatic rings. The van der Waals surface area contributed by atoms with E-state index in [-0.39, 0.29) is 17.4 Å². The van der Waals surface area contributed by atoms with E-state index in [9.17, 15) is 19.1 Å². The first-order chi connectivity index (χ1) is 16.3. The molecule has 1 saturated heterocycles. The molecule has 2 aromatic carbocycles. The molecule has 7 heteroatoms. The molecule has 2 atom stereocenters. The molecule has 0 aromatic heterocycles. The maximum Gasteiger partial charge on any atom is 0.295 e. The molecule has 1 amide bonds. The van der Waals surface area contributed by atoms with Crippen LogP contribution in [0.25, 0.3) is 5.76 Å². The van der Waals surface area contributed by atoms with Gasteiger partial charge in [0.15, 0.2) is 0 Å². The van der Waals surface area contributed by atoms with Crippen molar-refractivity contribution in [2.24, 2.45) is 0 Å². The lowest BCUT2D eigenvalue weighted by atomic mass is 9.94. The molecule has 34 heavy (non-hydrogen) atoms. The summed E-state index contributed by atoms with van der Waals surface area (Å²) in [6.07, 6.45) is 1.43. The molecule has 180 valence electrons. The van der Waals surface area contributed by atoms with E-state index < -0.39 is 23.5 Å². The number of benzene rings is 2. The number of carbonyl (C=O) groups is 2. The smallest absolute Gasteiger partial charge is 0.295 e. The Balaban J connectivity index is 1.72. The van der Waals surface area contributed by atoms with Crippen LogP contribution in [-0.2, 0) is 16.0 Å². The van der Waals surface area contributed by atoms with Gasteiger partial charge in [0, 0.05) is 18.5 Å². The Morgan fingerprint density at radius 2 is 1.85 bits per heavy atom. The van der Waals surface area contributed by atoms with Crippen LogP contribution in [0, 0.1) is 5.82 Å². The molecule has 0 radical (unpaired) electrons. The number of ketones is 1. The quantitative estimate of drug-likeness (QED) is 0.357. The van der Waals surface area contributed by atoms with Gasteiger partial charge in [-0.2, -0.15) is 0 Å². The molecule has 2 heterocycles. The Morgan fingerprint density at radius 1 is 1.15 bits per heavy atom. The fourth-order valence-corrected chi connectivity index (χ4v) is 4.83. The van der Waals surface area contributed by atoms with E-state index in [2.05, 4.69) is 18.7 Å². The number of nitrogens with zero attached hydrogens (tertiary/aromatic N) is 2. The number of likely N-dealkylation sites (tertiary alicyclic amines) is 1. The fourth-order valence-electron chi connectivity index (χ4n) is 4.83. The average molecular weight is 467 g/mol. The lowest BCUT2D eigenvalue weighted by molar-refractivity contribution is -0.140. The first-order valence-corrected chi connectivity index (χ1v) is 11.9. The summed E-state index contributed by atoms with van der Waals surface area (Å²) in [5.41, 5.74) is 2.03. The van der Waals surface area contributed by atoms with Crippen molar-refractivity contribution in [2.75, 3.05) is 26.2 Å². The van der Waals surface area contributed by atoms with E-state index in [4.69, 9.17) is 4.74 Å². The predicted molar refractivity (Wildman–Crippen MR) is 128 cm³/mol. The van der Waals surface area contributed by atoms with Gasteiger partial charge in [-0.3, -0.25) is 9.59 Å². The SMILES string of the molecule is CCN(CC)CCCN1C(=O)C(=O)/C(=C(/O)c2ccc3c(c2)C[C@@H](C)O3)[C@@H]1c1ccc(F)cc1. The molecular formula is C27H31FN2O4. The van der Waals surface area contributed by atoms with Crippen LogP contribution in [0.2, 0.25) is 0 Å². The highest BCUT2D eigenvalue weighted by atomic mass is 19.1. The summed E-state index contributed by atoms with van der Waals surface area (Å²) < 4.78 is 19.4. The van der Waals surface area contributed by atoms with Gasteiger partial charge < -0.3 is 19.6 Å². The van der Waals surface area contributed by atoms with Crippen LogP contribution in [0.4, 0.5) is 4.39 Å². The first-order valence-electron chi connectivity index (χ1n) is 11.9. The van der Waals surface area contributed by atoms with Crippen LogP contribution in [-0.4, -0.2) is 58.9 Å². The molecule has 1 fully saturated rings. The molecule has 0 aliphatic carbocycles. The number of aliphatic hydroxyl groups is 1. The van der Waals surface area contributed by atoms with E-state index >= 15 is 0 Å². The van der Waals surface area contributed by atoms with Crippen molar-refractivity contribution in [3.05, 3.63) is 70.5 Å². The van der Waals surface area contributed by atoms with Crippen LogP contribution in [0.3, 0.4) is 0 Å². The highest BCUT2D eigenvalue weighted by molar-refractivity contribution is 6.46. The summed E-state index contributed by atoms with van der Waals surface area (Å²) in [5.74, 6) is -1.24. The summed E-state index contributed by atoms with van der Waals surface area (Å²) in [6.45, 7) is 9.07. The third kappa shape index (κ3) is 4.57. The van der Waals surface area contributed by atoms with Gasteiger partial charge in [0.05, 0.1) is 11.6 Å². The molecule has 6 nitrogen and oxygen atoms in total. The van der Waals surface area contributed by atoms with Gasteiger partial charge in [-0.15, -0.1) is 0 Å². The van der Waals surface area contributed by atoms with Gasteiger partial charge in [-0.1, -0.05) is 26.0 Å². The molecular weight excluding hydrogens is 435 g/mol. The van der Waals surface area contributed by atoms with Crippen LogP contribution in [0.1, 0.15) is 49.9 Å². The summed E-state index contributed by atoms with van der Waals surface area (Å²) in [5, 5.41) is 11.3. The number of hydrogen-bond acceptors (Lipinski definition) is 5. The Morgan fingerprint density at radius 3 is 2.53 bits per heavy atom. The number of ether oxygens (including phenoxy) is 1. The van der Waals surface area contributed by atoms with Crippen molar-refractivity contribution in [1.29, 1.82) is 0 Å². The van der Waals surface area contributed by atoms with Crippen molar-refractivity contribution in [3.63, 3.8) is 0 Å². The van der Waals surface area contributed by atoms with E-state index in [1.165, 1.54) is 17.0 Å². The maximum atomic E-state index is 13.6. The Bertz CT molecular complexity index is 1110. The summed E-state index contributed by atoms with van der Waals surface area (Å²) in [4.78, 5) is 30.0. The average Bonchev–Trinajstić information content (AvgIpc) is 3.32. The number of fused-ring (bicyclic) bond motifs is 1. The lowest BCUT2D eigenvalue weighted by Gasteiger charge is -2.26. The van der Waals surface area contributed by atoms with E-state index in [1.807, 2.05) is 13.0 Å². The number of aliphatic hydroxyl groups excluding tert-OH is 1. The highest BCUT2D eigenvalue weighted by Gasteiger charge is 2.45. The normalized spacial score (nSPS) is 21.3. The molecule has 2 aliphatic heterocycles. The minimum atomic E-state index is -0.777. The second-order valence-electron chi connectivity index (χ2n) is 8.88. The van der Waals surface area contributed by atoms with E-state index in [0.29, 0.717) is 30.5 Å². The molecule has 4 rings (SSSR count). The van der Waals surface area contributed by atoms with Crippen molar-refractivity contribution < 1.29 is 23.8 Å². The largest absolute Gasteiger partial charge is 0.507 e. The fraction of sp³-hybridized carbons (Fsp3) is 0.407. The molecule has 0 bridgehead atoms. The van der Waals surface area contributed by atoms with Crippen molar-refractivity contribution in [2.45, 2.75) is 45.8 Å². The third-order valence-electron chi connectivity index (χ3n) is 6.66. The second-order valence-corrected chi connectivity index (χ2v) is 8.88. The van der Waals surface area contributed by atoms with Gasteiger partial charge in [0.1, 0.15) is 23.4 Å². The van der Waals surface area contributed by atoms with Crippen LogP contribution >= 0.6 is 0 Å². The topological polar surface area (TPSA) is 70.1 Å². The van der Waals surface area contributed by atoms with E-state index in [0.717, 1.165) is 30.9 Å². The van der Waals surface area contributed by atoms with E-state index in [1.54, 1.807) is 24.3 Å². The number of amides is 1. The van der Waals surface area contributed by atoms with Gasteiger partial charge in [-0.25, -0.2) is 4.39 Å². The number of carbonyl (C=O) groups excluding carboxylic acids is 2. The zero-order valence-corrected chi connectivity index (χ0v) is 19.9. The van der Waals surface area contributed by atoms with Gasteiger partial charge in [-0.05, 0) is 74.4 Å². The Labute approximate surface area is 199 Å². The molecule has 0 unspecified atom stereocenters. The van der Waals surface area contributed by atoms with Gasteiger partial charge in [0.2, 0.25) is 0 Å². The molecule has 0 spiro atoms. The summed E-state index contributed by atoms with van der Waals surface area (Å²) >= 11 is 0. The number of hydrogen-bond donors (Lipinski definition) is 1. The van der Waals surface area contributed by atoms with Crippen LogP contribution in [0.5, 0.6) is 5.75 Å². The maximum absolute atomic E-state index is 13.6. The number of rotatable bonds is 8. The lowest BCUT2D eigenvalue weighted by Crippen LogP contribution is -2.33. The van der Waals surface area contributed by atoms with Crippen LogP contribution in [0.15, 0.2) is 48.0 Å². The minimum Gasteiger partial charge on any atom is -0.507 e. The monoisotopic (exact) mass is 466 g/mol. The second kappa shape index (κ2) is 9.97. The van der Waals surface area contributed by atoms with Gasteiger partial charge in [0.25, 0.3) is 11.7 Å². The van der Waals surface area contributed by atoms with Gasteiger partial charge >= 0.3 is 0 Å². The first kappa shape index (κ1) is 24.0. The zero-order valence-electron chi connectivity index (χ0n) is 19.9. The molecule has 2 aromatic rings. The van der Waals surface area contributed by atoms with Crippen molar-refractivity contribution in [3.8, 4) is 5.75 Å². The number of Topliss-reactive ketones (excluding diaryl/α,β-unsaturated/α-hetero) is 1. The van der Waals surface area contributed by atoms with Crippen molar-refractivity contribution in [1.82, 2.24) is 9.80 Å². The standard InChI is InChI=1S/C27H31FN2O4/c1-4-29(5-2)13-6-14-30-24(18-7-10-21(28)11-8-18)23(26(32)27(30)33)25(31)19-9-12-22-20(16-19)15-17(3)34-22/h7-12,16-17,24,31H,4-6,13-15H2,1-3H3/b25-23+/t17-,24+/m1/s1.